The number of carbonyl (C=O) groups excluding carboxylic acids is 1. The quantitative estimate of drug-likeness (QED) is 0.919. The van der Waals surface area contributed by atoms with E-state index < -0.39 is 0 Å². The highest BCUT2D eigenvalue weighted by Gasteiger charge is 2.51. The molecular formula is C20H28N4O. The molecule has 4 saturated carbocycles. The van der Waals surface area contributed by atoms with Crippen molar-refractivity contribution in [2.24, 2.45) is 23.7 Å². The van der Waals surface area contributed by atoms with Crippen LogP contribution in [0.2, 0.25) is 0 Å². The summed E-state index contributed by atoms with van der Waals surface area (Å²) in [7, 11) is 0. The molecule has 1 amide bonds. The van der Waals surface area contributed by atoms with E-state index in [4.69, 9.17) is 0 Å². The van der Waals surface area contributed by atoms with E-state index in [1.54, 1.807) is 12.4 Å². The number of piperidine rings is 1. The molecule has 2 heterocycles. The van der Waals surface area contributed by atoms with Gasteiger partial charge in [0.25, 0.3) is 0 Å². The SMILES string of the molecule is O=C(NC12CC3CC(CC(C3)C1)C2)C1CCN(c2ncccn2)CC1. The van der Waals surface area contributed by atoms with E-state index in [-0.39, 0.29) is 11.5 Å². The average Bonchev–Trinajstić information content (AvgIpc) is 2.61. The normalized spacial score (nSPS) is 37.3. The van der Waals surface area contributed by atoms with Gasteiger partial charge in [0.05, 0.1) is 0 Å². The number of carbonyl (C=O) groups is 1. The monoisotopic (exact) mass is 340 g/mol. The topological polar surface area (TPSA) is 58.1 Å². The number of nitrogens with one attached hydrogen (secondary N) is 1. The van der Waals surface area contributed by atoms with Crippen molar-refractivity contribution < 1.29 is 4.79 Å². The maximum absolute atomic E-state index is 13.0. The first kappa shape index (κ1) is 15.6. The number of hydrogen-bond donors (Lipinski definition) is 1. The van der Waals surface area contributed by atoms with Crippen molar-refractivity contribution in [3.05, 3.63) is 18.5 Å². The minimum atomic E-state index is 0.144. The van der Waals surface area contributed by atoms with Crippen molar-refractivity contribution in [3.8, 4) is 0 Å². The summed E-state index contributed by atoms with van der Waals surface area (Å²) in [4.78, 5) is 23.8. The van der Waals surface area contributed by atoms with Gasteiger partial charge in [-0.3, -0.25) is 4.79 Å². The van der Waals surface area contributed by atoms with Gasteiger partial charge in [-0.15, -0.1) is 0 Å². The molecule has 4 bridgehead atoms. The van der Waals surface area contributed by atoms with Gasteiger partial charge in [-0.1, -0.05) is 0 Å². The van der Waals surface area contributed by atoms with Crippen LogP contribution in [0, 0.1) is 23.7 Å². The Morgan fingerprint density at radius 1 is 1.00 bits per heavy atom. The zero-order valence-corrected chi connectivity index (χ0v) is 14.9. The molecule has 0 radical (unpaired) electrons. The van der Waals surface area contributed by atoms with E-state index >= 15 is 0 Å². The molecule has 5 heteroatoms. The highest BCUT2D eigenvalue weighted by Crippen LogP contribution is 2.55. The van der Waals surface area contributed by atoms with Gasteiger partial charge < -0.3 is 10.2 Å². The highest BCUT2D eigenvalue weighted by atomic mass is 16.2. The Kier molecular flexibility index (Phi) is 3.72. The van der Waals surface area contributed by atoms with Gasteiger partial charge in [0, 0.05) is 36.9 Å². The highest BCUT2D eigenvalue weighted by molar-refractivity contribution is 5.79. The van der Waals surface area contributed by atoms with Crippen molar-refractivity contribution in [2.75, 3.05) is 18.0 Å². The first-order valence-corrected chi connectivity index (χ1v) is 10.0. The van der Waals surface area contributed by atoms with Crippen molar-refractivity contribution in [2.45, 2.75) is 56.9 Å². The fraction of sp³-hybridized carbons (Fsp3) is 0.750. The molecule has 0 spiro atoms. The molecule has 1 aromatic rings. The van der Waals surface area contributed by atoms with Crippen LogP contribution in [0.3, 0.4) is 0 Å². The predicted molar refractivity (Wildman–Crippen MR) is 96.0 cm³/mol. The number of amides is 1. The second-order valence-electron chi connectivity index (χ2n) is 9.00. The maximum Gasteiger partial charge on any atom is 0.225 e. The van der Waals surface area contributed by atoms with Gasteiger partial charge in [0.1, 0.15) is 0 Å². The van der Waals surface area contributed by atoms with Crippen LogP contribution in [-0.4, -0.2) is 34.5 Å². The summed E-state index contributed by atoms with van der Waals surface area (Å²) in [6.07, 6.45) is 13.4. The van der Waals surface area contributed by atoms with Gasteiger partial charge >= 0.3 is 0 Å². The fourth-order valence-electron chi connectivity index (χ4n) is 6.42. The zero-order chi connectivity index (χ0) is 16.9. The van der Waals surface area contributed by atoms with E-state index in [1.807, 2.05) is 6.07 Å². The van der Waals surface area contributed by atoms with Crippen LogP contribution >= 0.6 is 0 Å². The molecule has 6 rings (SSSR count). The van der Waals surface area contributed by atoms with E-state index in [9.17, 15) is 4.79 Å². The number of nitrogens with zero attached hydrogens (tertiary/aromatic N) is 3. The van der Waals surface area contributed by atoms with E-state index in [2.05, 4.69) is 20.2 Å². The number of rotatable bonds is 3. The molecule has 1 aromatic heterocycles. The van der Waals surface area contributed by atoms with Crippen LogP contribution in [-0.2, 0) is 4.79 Å². The predicted octanol–water partition coefficient (Wildman–Crippen LogP) is 2.78. The summed E-state index contributed by atoms with van der Waals surface area (Å²) in [5.41, 5.74) is 0.144. The Labute approximate surface area is 149 Å². The first-order valence-electron chi connectivity index (χ1n) is 10.0. The van der Waals surface area contributed by atoms with Crippen molar-refractivity contribution in [1.82, 2.24) is 15.3 Å². The number of aromatic nitrogens is 2. The molecule has 0 atom stereocenters. The Morgan fingerprint density at radius 3 is 2.12 bits per heavy atom. The van der Waals surface area contributed by atoms with Gasteiger partial charge in [-0.25, -0.2) is 9.97 Å². The maximum atomic E-state index is 13.0. The third-order valence-electron chi connectivity index (χ3n) is 7.13. The van der Waals surface area contributed by atoms with Crippen LogP contribution < -0.4 is 10.2 Å². The lowest BCUT2D eigenvalue weighted by atomic mass is 9.53. The molecule has 5 aliphatic rings. The zero-order valence-electron chi connectivity index (χ0n) is 14.9. The van der Waals surface area contributed by atoms with Crippen LogP contribution in [0.1, 0.15) is 51.4 Å². The van der Waals surface area contributed by atoms with Crippen LogP contribution in [0.4, 0.5) is 5.95 Å². The van der Waals surface area contributed by atoms with Crippen molar-refractivity contribution in [3.63, 3.8) is 0 Å². The average molecular weight is 340 g/mol. The Hall–Kier alpha value is -1.65. The van der Waals surface area contributed by atoms with Crippen LogP contribution in [0.5, 0.6) is 0 Å². The summed E-state index contributed by atoms with van der Waals surface area (Å²) < 4.78 is 0. The number of anilines is 1. The van der Waals surface area contributed by atoms with Crippen LogP contribution in [0.15, 0.2) is 18.5 Å². The smallest absolute Gasteiger partial charge is 0.225 e. The molecule has 4 aliphatic carbocycles. The third-order valence-corrected chi connectivity index (χ3v) is 7.13. The molecule has 5 fully saturated rings. The molecule has 5 nitrogen and oxygen atoms in total. The summed E-state index contributed by atoms with van der Waals surface area (Å²) in [6, 6.07) is 1.84. The minimum Gasteiger partial charge on any atom is -0.350 e. The summed E-state index contributed by atoms with van der Waals surface area (Å²) in [5, 5.41) is 3.56. The Balaban J connectivity index is 1.20. The summed E-state index contributed by atoms with van der Waals surface area (Å²) >= 11 is 0. The van der Waals surface area contributed by atoms with Crippen molar-refractivity contribution in [1.29, 1.82) is 0 Å². The molecule has 1 saturated heterocycles. The second kappa shape index (κ2) is 5.96. The van der Waals surface area contributed by atoms with Crippen LogP contribution in [0.25, 0.3) is 0 Å². The molecule has 25 heavy (non-hydrogen) atoms. The molecular weight excluding hydrogens is 312 g/mol. The van der Waals surface area contributed by atoms with Crippen molar-refractivity contribution >= 4 is 11.9 Å². The summed E-state index contributed by atoms with van der Waals surface area (Å²) in [6.45, 7) is 1.76. The lowest BCUT2D eigenvalue weighted by Gasteiger charge is -2.57. The largest absolute Gasteiger partial charge is 0.350 e. The Morgan fingerprint density at radius 2 is 1.56 bits per heavy atom. The third kappa shape index (κ3) is 2.91. The van der Waals surface area contributed by atoms with E-state index in [1.165, 1.54) is 38.5 Å². The van der Waals surface area contributed by atoms with Gasteiger partial charge in [0.2, 0.25) is 11.9 Å². The lowest BCUT2D eigenvalue weighted by molar-refractivity contribution is -0.131. The molecule has 1 N–H and O–H groups in total. The van der Waals surface area contributed by atoms with E-state index in [0.29, 0.717) is 5.91 Å². The van der Waals surface area contributed by atoms with Gasteiger partial charge in [-0.05, 0) is 75.2 Å². The summed E-state index contributed by atoms with van der Waals surface area (Å²) in [5.74, 6) is 3.90. The number of hydrogen-bond acceptors (Lipinski definition) is 4. The minimum absolute atomic E-state index is 0.144. The lowest BCUT2D eigenvalue weighted by Crippen LogP contribution is -2.61. The molecule has 1 aliphatic heterocycles. The Bertz CT molecular complexity index is 603. The first-order chi connectivity index (χ1) is 12.2. The molecule has 134 valence electrons. The van der Waals surface area contributed by atoms with Gasteiger partial charge in [0.15, 0.2) is 0 Å². The van der Waals surface area contributed by atoms with Gasteiger partial charge in [-0.2, -0.15) is 0 Å². The molecule has 0 aromatic carbocycles. The molecule has 0 unspecified atom stereocenters. The standard InChI is InChI=1S/C20H28N4O/c25-18(17-2-6-24(7-3-17)19-21-4-1-5-22-19)23-20-11-14-8-15(12-20)10-16(9-14)13-20/h1,4-5,14-17H,2-3,6-13H2,(H,23,25). The fourth-order valence-corrected chi connectivity index (χ4v) is 6.42. The second-order valence-corrected chi connectivity index (χ2v) is 9.00. The van der Waals surface area contributed by atoms with E-state index in [0.717, 1.165) is 49.6 Å².